The Morgan fingerprint density at radius 1 is 1.20 bits per heavy atom. The van der Waals surface area contributed by atoms with Gasteiger partial charge in [0.1, 0.15) is 5.78 Å². The maximum Gasteiger partial charge on any atom is 0.137 e. The summed E-state index contributed by atoms with van der Waals surface area (Å²) in [5.41, 5.74) is 9.26. The quantitative estimate of drug-likeness (QED) is 0.784. The van der Waals surface area contributed by atoms with Gasteiger partial charge in [-0.3, -0.25) is 4.79 Å². The molecule has 1 rings (SSSR count). The predicted octanol–water partition coefficient (Wildman–Crippen LogP) is 3.82. The Labute approximate surface area is 123 Å². The number of carbonyl (C=O) groups is 1. The molecule has 0 heterocycles. The zero-order valence-corrected chi connectivity index (χ0v) is 13.4. The summed E-state index contributed by atoms with van der Waals surface area (Å²) in [5, 5.41) is 0. The van der Waals surface area contributed by atoms with Crippen molar-refractivity contribution < 1.29 is 4.79 Å². The van der Waals surface area contributed by atoms with Gasteiger partial charge in [0.15, 0.2) is 0 Å². The van der Waals surface area contributed by atoms with Crippen molar-refractivity contribution in [3.05, 3.63) is 34.9 Å². The van der Waals surface area contributed by atoms with Gasteiger partial charge < -0.3 is 5.73 Å². The molecule has 2 heteroatoms. The van der Waals surface area contributed by atoms with Crippen molar-refractivity contribution in [1.29, 1.82) is 0 Å². The van der Waals surface area contributed by atoms with Crippen LogP contribution >= 0.6 is 0 Å². The van der Waals surface area contributed by atoms with E-state index in [0.29, 0.717) is 37.0 Å². The molecule has 0 fully saturated rings. The summed E-state index contributed by atoms with van der Waals surface area (Å²) >= 11 is 0. The second-order valence-corrected chi connectivity index (χ2v) is 6.27. The molecular weight excluding hydrogens is 246 g/mol. The summed E-state index contributed by atoms with van der Waals surface area (Å²) in [4.78, 5) is 12.2. The second kappa shape index (κ2) is 8.21. The number of benzene rings is 1. The molecule has 0 aliphatic heterocycles. The maximum atomic E-state index is 12.2. The van der Waals surface area contributed by atoms with Crippen LogP contribution in [0.4, 0.5) is 0 Å². The third-order valence-electron chi connectivity index (χ3n) is 4.17. The summed E-state index contributed by atoms with van der Waals surface area (Å²) < 4.78 is 0. The fourth-order valence-electron chi connectivity index (χ4n) is 2.66. The van der Waals surface area contributed by atoms with E-state index in [2.05, 4.69) is 45.9 Å². The summed E-state index contributed by atoms with van der Waals surface area (Å²) in [7, 11) is 0. The van der Waals surface area contributed by atoms with Crippen molar-refractivity contribution in [2.75, 3.05) is 6.54 Å². The number of hydrogen-bond acceptors (Lipinski definition) is 2. The minimum Gasteiger partial charge on any atom is -0.330 e. The van der Waals surface area contributed by atoms with Gasteiger partial charge in [-0.1, -0.05) is 37.6 Å². The summed E-state index contributed by atoms with van der Waals surface area (Å²) in [6.45, 7) is 9.30. The van der Waals surface area contributed by atoms with Gasteiger partial charge in [0.2, 0.25) is 0 Å². The third-order valence-corrected chi connectivity index (χ3v) is 4.17. The van der Waals surface area contributed by atoms with Crippen LogP contribution in [0, 0.1) is 25.7 Å². The van der Waals surface area contributed by atoms with E-state index in [1.165, 1.54) is 16.7 Å². The second-order valence-electron chi connectivity index (χ2n) is 6.27. The standard InChI is InChI=1S/C18H29NO/c1-13(2)16(9-10-19)7-8-18(20)12-17-11-14(3)5-6-15(17)4/h5-6,11,13,16H,7-10,12,19H2,1-4H3. The normalized spacial score (nSPS) is 12.7. The highest BCUT2D eigenvalue weighted by atomic mass is 16.1. The van der Waals surface area contributed by atoms with E-state index in [4.69, 9.17) is 5.73 Å². The fraction of sp³-hybridized carbons (Fsp3) is 0.611. The number of aryl methyl sites for hydroxylation is 2. The molecule has 2 nitrogen and oxygen atoms in total. The number of carbonyl (C=O) groups excluding carboxylic acids is 1. The van der Waals surface area contributed by atoms with Crippen LogP contribution < -0.4 is 5.73 Å². The average molecular weight is 275 g/mol. The predicted molar refractivity (Wildman–Crippen MR) is 85.9 cm³/mol. The SMILES string of the molecule is Cc1ccc(C)c(CC(=O)CCC(CCN)C(C)C)c1. The van der Waals surface area contributed by atoms with Crippen LogP contribution in [0.1, 0.15) is 49.8 Å². The molecule has 0 aliphatic carbocycles. The Kier molecular flexibility index (Phi) is 6.94. The van der Waals surface area contributed by atoms with Crippen LogP contribution in [-0.4, -0.2) is 12.3 Å². The Balaban J connectivity index is 2.53. The molecule has 0 amide bonds. The molecule has 1 unspecified atom stereocenters. The highest BCUT2D eigenvalue weighted by Crippen LogP contribution is 2.21. The Hall–Kier alpha value is -1.15. The lowest BCUT2D eigenvalue weighted by molar-refractivity contribution is -0.118. The molecule has 2 N–H and O–H groups in total. The molecule has 1 atom stereocenters. The minimum absolute atomic E-state index is 0.348. The molecule has 0 aliphatic rings. The Bertz CT molecular complexity index is 437. The molecule has 0 bridgehead atoms. The van der Waals surface area contributed by atoms with Gasteiger partial charge in [0, 0.05) is 12.8 Å². The number of nitrogens with two attached hydrogens (primary N) is 1. The van der Waals surface area contributed by atoms with Crippen molar-refractivity contribution in [1.82, 2.24) is 0 Å². The van der Waals surface area contributed by atoms with E-state index in [1.54, 1.807) is 0 Å². The van der Waals surface area contributed by atoms with Gasteiger partial charge in [0.25, 0.3) is 0 Å². The molecule has 0 spiro atoms. The molecule has 1 aromatic carbocycles. The van der Waals surface area contributed by atoms with E-state index in [9.17, 15) is 4.79 Å². The number of hydrogen-bond donors (Lipinski definition) is 1. The zero-order chi connectivity index (χ0) is 15.1. The molecule has 20 heavy (non-hydrogen) atoms. The largest absolute Gasteiger partial charge is 0.330 e. The highest BCUT2D eigenvalue weighted by Gasteiger charge is 2.15. The lowest BCUT2D eigenvalue weighted by Crippen LogP contribution is -2.16. The average Bonchev–Trinajstić information content (AvgIpc) is 2.38. The van der Waals surface area contributed by atoms with Crippen molar-refractivity contribution in [3.8, 4) is 0 Å². The fourth-order valence-corrected chi connectivity index (χ4v) is 2.66. The van der Waals surface area contributed by atoms with Crippen molar-refractivity contribution in [2.45, 2.75) is 53.4 Å². The van der Waals surface area contributed by atoms with Gasteiger partial charge in [-0.05, 0) is 56.2 Å². The van der Waals surface area contributed by atoms with E-state index >= 15 is 0 Å². The monoisotopic (exact) mass is 275 g/mol. The first-order chi connectivity index (χ1) is 9.43. The van der Waals surface area contributed by atoms with E-state index < -0.39 is 0 Å². The zero-order valence-electron chi connectivity index (χ0n) is 13.4. The van der Waals surface area contributed by atoms with Crippen LogP contribution in [-0.2, 0) is 11.2 Å². The van der Waals surface area contributed by atoms with E-state index in [1.807, 2.05) is 0 Å². The van der Waals surface area contributed by atoms with Crippen LogP contribution in [0.15, 0.2) is 18.2 Å². The van der Waals surface area contributed by atoms with Gasteiger partial charge in [-0.15, -0.1) is 0 Å². The Morgan fingerprint density at radius 3 is 2.50 bits per heavy atom. The number of Topliss-reactive ketones (excluding diaryl/α,β-unsaturated/α-hetero) is 1. The van der Waals surface area contributed by atoms with Gasteiger partial charge in [0.05, 0.1) is 0 Å². The first kappa shape index (κ1) is 16.9. The topological polar surface area (TPSA) is 43.1 Å². The smallest absolute Gasteiger partial charge is 0.137 e. The first-order valence-corrected chi connectivity index (χ1v) is 7.72. The lowest BCUT2D eigenvalue weighted by Gasteiger charge is -2.19. The van der Waals surface area contributed by atoms with Gasteiger partial charge in [-0.25, -0.2) is 0 Å². The van der Waals surface area contributed by atoms with Crippen molar-refractivity contribution in [2.24, 2.45) is 17.6 Å². The summed E-state index contributed by atoms with van der Waals surface area (Å²) in [6.07, 6.45) is 3.24. The number of rotatable bonds is 8. The molecule has 0 saturated carbocycles. The Morgan fingerprint density at radius 2 is 1.90 bits per heavy atom. The van der Waals surface area contributed by atoms with Crippen LogP contribution in [0.25, 0.3) is 0 Å². The molecule has 0 aromatic heterocycles. The summed E-state index contributed by atoms with van der Waals surface area (Å²) in [6, 6.07) is 6.33. The summed E-state index contributed by atoms with van der Waals surface area (Å²) in [5.74, 6) is 1.52. The molecule has 0 saturated heterocycles. The third kappa shape index (κ3) is 5.46. The van der Waals surface area contributed by atoms with E-state index in [0.717, 1.165) is 12.8 Å². The minimum atomic E-state index is 0.348. The molecule has 112 valence electrons. The first-order valence-electron chi connectivity index (χ1n) is 7.72. The van der Waals surface area contributed by atoms with Crippen LogP contribution in [0.3, 0.4) is 0 Å². The lowest BCUT2D eigenvalue weighted by atomic mass is 9.87. The van der Waals surface area contributed by atoms with Gasteiger partial charge in [-0.2, -0.15) is 0 Å². The number of ketones is 1. The van der Waals surface area contributed by atoms with Crippen molar-refractivity contribution in [3.63, 3.8) is 0 Å². The molecular formula is C18H29NO. The van der Waals surface area contributed by atoms with Crippen LogP contribution in [0.2, 0.25) is 0 Å². The van der Waals surface area contributed by atoms with E-state index in [-0.39, 0.29) is 0 Å². The molecule has 0 radical (unpaired) electrons. The highest BCUT2D eigenvalue weighted by molar-refractivity contribution is 5.81. The van der Waals surface area contributed by atoms with Crippen LogP contribution in [0.5, 0.6) is 0 Å². The van der Waals surface area contributed by atoms with Gasteiger partial charge >= 0.3 is 0 Å². The van der Waals surface area contributed by atoms with Crippen molar-refractivity contribution >= 4 is 5.78 Å². The molecule has 1 aromatic rings. The maximum absolute atomic E-state index is 12.2.